The van der Waals surface area contributed by atoms with Gasteiger partial charge in [0.2, 0.25) is 5.91 Å². The molecule has 1 saturated heterocycles. The highest BCUT2D eigenvalue weighted by molar-refractivity contribution is 5.95. The molecular weight excluding hydrogens is 216 g/mol. The van der Waals surface area contributed by atoms with E-state index >= 15 is 0 Å². The lowest BCUT2D eigenvalue weighted by Gasteiger charge is -2.26. The average Bonchev–Trinajstić information content (AvgIpc) is 2.87. The summed E-state index contributed by atoms with van der Waals surface area (Å²) in [5.74, 6) is 0.198. The van der Waals surface area contributed by atoms with Crippen LogP contribution < -0.4 is 10.2 Å². The third-order valence-electron chi connectivity index (χ3n) is 3.54. The Morgan fingerprint density at radius 2 is 2.29 bits per heavy atom. The predicted molar refractivity (Wildman–Crippen MR) is 64.9 cm³/mol. The third-order valence-corrected chi connectivity index (χ3v) is 3.54. The molecule has 1 fully saturated rings. The second-order valence-electron chi connectivity index (χ2n) is 4.59. The molecule has 1 unspecified atom stereocenters. The van der Waals surface area contributed by atoms with Crippen LogP contribution in [0.3, 0.4) is 0 Å². The van der Waals surface area contributed by atoms with Gasteiger partial charge in [0, 0.05) is 25.7 Å². The number of nitrogens with zero attached hydrogens (tertiary/aromatic N) is 1. The van der Waals surface area contributed by atoms with Crippen LogP contribution in [-0.4, -0.2) is 26.2 Å². The number of anilines is 1. The van der Waals surface area contributed by atoms with Crippen LogP contribution in [0.2, 0.25) is 0 Å². The van der Waals surface area contributed by atoms with Crippen LogP contribution >= 0.6 is 0 Å². The van der Waals surface area contributed by atoms with E-state index in [0.29, 0.717) is 13.2 Å². The van der Waals surface area contributed by atoms with Gasteiger partial charge < -0.3 is 9.64 Å². The van der Waals surface area contributed by atoms with Gasteiger partial charge in [-0.25, -0.2) is 0 Å². The molecule has 2 heterocycles. The number of hydrogen-bond donors (Lipinski definition) is 1. The Kier molecular flexibility index (Phi) is 2.61. The van der Waals surface area contributed by atoms with Crippen molar-refractivity contribution in [2.45, 2.75) is 18.9 Å². The molecule has 1 aromatic rings. The molecule has 90 valence electrons. The van der Waals surface area contributed by atoms with Gasteiger partial charge in [0.1, 0.15) is 0 Å². The van der Waals surface area contributed by atoms with E-state index in [1.165, 1.54) is 11.1 Å². The van der Waals surface area contributed by atoms with Crippen LogP contribution in [0.5, 0.6) is 0 Å². The summed E-state index contributed by atoms with van der Waals surface area (Å²) in [5.41, 5.74) is 3.49. The first-order valence-corrected chi connectivity index (χ1v) is 5.97. The molecule has 0 aliphatic carbocycles. The topological polar surface area (TPSA) is 41.6 Å². The van der Waals surface area contributed by atoms with Gasteiger partial charge in [-0.15, -0.1) is 0 Å². The van der Waals surface area contributed by atoms with Crippen LogP contribution in [0.4, 0.5) is 5.69 Å². The standard InChI is InChI=1S/C13H16N2O2/c1-15-11-4-2-10(12-7-14-8-17-12)6-9(11)3-5-13(15)16/h2,4,6,12,14H,3,5,7-8H2,1H3. The molecule has 1 aromatic carbocycles. The number of carbonyl (C=O) groups excluding carboxylic acids is 1. The van der Waals surface area contributed by atoms with Crippen LogP contribution in [0, 0.1) is 0 Å². The van der Waals surface area contributed by atoms with Crippen molar-refractivity contribution in [3.63, 3.8) is 0 Å². The minimum absolute atomic E-state index is 0.156. The van der Waals surface area contributed by atoms with E-state index in [1.807, 2.05) is 13.1 Å². The molecular formula is C13H16N2O2. The lowest BCUT2D eigenvalue weighted by atomic mass is 9.97. The summed E-state index contributed by atoms with van der Waals surface area (Å²) in [6.45, 7) is 1.49. The number of carbonyl (C=O) groups is 1. The first-order valence-electron chi connectivity index (χ1n) is 5.97. The molecule has 2 aliphatic rings. The number of aryl methyl sites for hydroxylation is 1. The van der Waals surface area contributed by atoms with Crippen molar-refractivity contribution >= 4 is 11.6 Å². The van der Waals surface area contributed by atoms with E-state index < -0.39 is 0 Å². The molecule has 0 bridgehead atoms. The number of amides is 1. The summed E-state index contributed by atoms with van der Waals surface area (Å²) in [4.78, 5) is 13.3. The second kappa shape index (κ2) is 4.13. The number of hydrogen-bond acceptors (Lipinski definition) is 3. The summed E-state index contributed by atoms with van der Waals surface area (Å²) in [7, 11) is 1.84. The van der Waals surface area contributed by atoms with Crippen molar-refractivity contribution < 1.29 is 9.53 Å². The first kappa shape index (κ1) is 10.7. The van der Waals surface area contributed by atoms with Crippen LogP contribution in [0.15, 0.2) is 18.2 Å². The zero-order valence-corrected chi connectivity index (χ0v) is 9.90. The molecule has 0 radical (unpaired) electrons. The Morgan fingerprint density at radius 1 is 1.41 bits per heavy atom. The van der Waals surface area contributed by atoms with Gasteiger partial charge in [0.15, 0.2) is 0 Å². The van der Waals surface area contributed by atoms with Crippen molar-refractivity contribution in [1.82, 2.24) is 5.32 Å². The van der Waals surface area contributed by atoms with Crippen molar-refractivity contribution in [3.05, 3.63) is 29.3 Å². The van der Waals surface area contributed by atoms with E-state index in [-0.39, 0.29) is 12.0 Å². The lowest BCUT2D eigenvalue weighted by molar-refractivity contribution is -0.118. The van der Waals surface area contributed by atoms with E-state index in [1.54, 1.807) is 4.90 Å². The van der Waals surface area contributed by atoms with Crippen molar-refractivity contribution in [3.8, 4) is 0 Å². The molecule has 2 aliphatic heterocycles. The fourth-order valence-electron chi connectivity index (χ4n) is 2.50. The zero-order chi connectivity index (χ0) is 11.8. The van der Waals surface area contributed by atoms with Gasteiger partial charge in [-0.3, -0.25) is 10.1 Å². The Hall–Kier alpha value is -1.39. The van der Waals surface area contributed by atoms with Gasteiger partial charge >= 0.3 is 0 Å². The van der Waals surface area contributed by atoms with E-state index in [2.05, 4.69) is 17.4 Å². The zero-order valence-electron chi connectivity index (χ0n) is 9.90. The van der Waals surface area contributed by atoms with Crippen molar-refractivity contribution in [2.75, 3.05) is 25.2 Å². The highest BCUT2D eigenvalue weighted by Crippen LogP contribution is 2.30. The molecule has 4 nitrogen and oxygen atoms in total. The largest absolute Gasteiger partial charge is 0.357 e. The molecule has 17 heavy (non-hydrogen) atoms. The number of ether oxygens (including phenoxy) is 1. The molecule has 1 atom stereocenters. The fourth-order valence-corrected chi connectivity index (χ4v) is 2.50. The summed E-state index contributed by atoms with van der Waals surface area (Å²) >= 11 is 0. The highest BCUT2D eigenvalue weighted by atomic mass is 16.5. The van der Waals surface area contributed by atoms with Gasteiger partial charge in [0.05, 0.1) is 12.8 Å². The van der Waals surface area contributed by atoms with Crippen LogP contribution in [0.25, 0.3) is 0 Å². The van der Waals surface area contributed by atoms with Crippen LogP contribution in [-0.2, 0) is 16.0 Å². The Morgan fingerprint density at radius 3 is 3.06 bits per heavy atom. The summed E-state index contributed by atoms with van der Waals surface area (Å²) in [6, 6.07) is 6.27. The maximum atomic E-state index is 11.6. The number of benzene rings is 1. The summed E-state index contributed by atoms with van der Waals surface area (Å²) in [5, 5.41) is 3.18. The number of fused-ring (bicyclic) bond motifs is 1. The quantitative estimate of drug-likeness (QED) is 0.791. The Labute approximate surface area is 101 Å². The van der Waals surface area contributed by atoms with Gasteiger partial charge in [-0.1, -0.05) is 12.1 Å². The molecule has 0 spiro atoms. The third kappa shape index (κ3) is 1.83. The maximum Gasteiger partial charge on any atom is 0.227 e. The molecule has 0 aromatic heterocycles. The lowest BCUT2D eigenvalue weighted by Crippen LogP contribution is -2.31. The first-order chi connectivity index (χ1) is 8.25. The Balaban J connectivity index is 1.93. The SMILES string of the molecule is CN1C(=O)CCc2cc(C3CNCO3)ccc21. The van der Waals surface area contributed by atoms with Crippen molar-refractivity contribution in [2.24, 2.45) is 0 Å². The molecule has 3 rings (SSSR count). The normalized spacial score (nSPS) is 23.9. The van der Waals surface area contributed by atoms with Crippen molar-refractivity contribution in [1.29, 1.82) is 0 Å². The minimum Gasteiger partial charge on any atom is -0.357 e. The van der Waals surface area contributed by atoms with Gasteiger partial charge in [-0.2, -0.15) is 0 Å². The number of rotatable bonds is 1. The second-order valence-corrected chi connectivity index (χ2v) is 4.59. The molecule has 1 N–H and O–H groups in total. The minimum atomic E-state index is 0.156. The molecule has 0 saturated carbocycles. The monoisotopic (exact) mass is 232 g/mol. The predicted octanol–water partition coefficient (Wildman–Crippen LogP) is 1.21. The van der Waals surface area contributed by atoms with Crippen LogP contribution in [0.1, 0.15) is 23.7 Å². The van der Waals surface area contributed by atoms with Gasteiger partial charge in [-0.05, 0) is 23.6 Å². The average molecular weight is 232 g/mol. The molecule has 4 heteroatoms. The summed E-state index contributed by atoms with van der Waals surface area (Å²) in [6.07, 6.45) is 1.60. The highest BCUT2D eigenvalue weighted by Gasteiger charge is 2.23. The molecule has 1 amide bonds. The Bertz CT molecular complexity index is 453. The summed E-state index contributed by atoms with van der Waals surface area (Å²) < 4.78 is 5.59. The fraction of sp³-hybridized carbons (Fsp3) is 0.462. The number of nitrogens with one attached hydrogen (secondary N) is 1. The maximum absolute atomic E-state index is 11.6. The van der Waals surface area contributed by atoms with E-state index in [4.69, 9.17) is 4.74 Å². The smallest absolute Gasteiger partial charge is 0.227 e. The van der Waals surface area contributed by atoms with E-state index in [0.717, 1.165) is 18.7 Å². The van der Waals surface area contributed by atoms with Gasteiger partial charge in [0.25, 0.3) is 0 Å². The van der Waals surface area contributed by atoms with E-state index in [9.17, 15) is 4.79 Å².